The molecule has 2 aromatic heterocycles. The van der Waals surface area contributed by atoms with Crippen molar-refractivity contribution < 1.29 is 4.79 Å². The predicted octanol–water partition coefficient (Wildman–Crippen LogP) is 3.57. The van der Waals surface area contributed by atoms with Gasteiger partial charge in [0.25, 0.3) is 11.5 Å². The molecule has 0 radical (unpaired) electrons. The first-order valence-electron chi connectivity index (χ1n) is 9.34. The number of amides is 1. The third-order valence-corrected chi connectivity index (χ3v) is 5.48. The molecule has 0 atom stereocenters. The van der Waals surface area contributed by atoms with Crippen LogP contribution in [0.15, 0.2) is 65.5 Å². The first-order valence-corrected chi connectivity index (χ1v) is 9.72. The summed E-state index contributed by atoms with van der Waals surface area (Å²) >= 11 is 6.17. The molecular formula is C22H17ClN4O2. The Balaban J connectivity index is 1.49. The number of nitrogens with one attached hydrogen (secondary N) is 1. The van der Waals surface area contributed by atoms with E-state index >= 15 is 0 Å². The molecule has 0 spiro atoms. The number of hydrogen-bond donors (Lipinski definition) is 1. The van der Waals surface area contributed by atoms with Crippen molar-refractivity contribution in [3.8, 4) is 5.69 Å². The third kappa shape index (κ3) is 3.11. The molecule has 6 nitrogen and oxygen atoms in total. The third-order valence-electron chi connectivity index (χ3n) is 5.24. The van der Waals surface area contributed by atoms with Gasteiger partial charge in [-0.15, -0.1) is 0 Å². The number of halogens is 1. The first-order chi connectivity index (χ1) is 14.1. The van der Waals surface area contributed by atoms with E-state index in [-0.39, 0.29) is 17.2 Å². The molecule has 1 aliphatic heterocycles. The van der Waals surface area contributed by atoms with Gasteiger partial charge in [0, 0.05) is 52.8 Å². The van der Waals surface area contributed by atoms with Crippen LogP contribution in [0.25, 0.3) is 16.6 Å². The number of fused-ring (bicyclic) bond motifs is 3. The minimum absolute atomic E-state index is 0.197. The maximum absolute atomic E-state index is 13.1. The van der Waals surface area contributed by atoms with Crippen LogP contribution >= 0.6 is 11.6 Å². The minimum Gasteiger partial charge on any atom is -0.358 e. The number of carbonyl (C=O) groups excluding carboxylic acids is 1. The number of H-pyrrole nitrogens is 1. The Morgan fingerprint density at radius 3 is 2.72 bits per heavy atom. The Morgan fingerprint density at radius 1 is 1.07 bits per heavy atom. The minimum atomic E-state index is -0.278. The van der Waals surface area contributed by atoms with Crippen LogP contribution in [-0.4, -0.2) is 32.1 Å². The number of benzene rings is 2. The van der Waals surface area contributed by atoms with E-state index in [0.717, 1.165) is 28.6 Å². The molecule has 7 heteroatoms. The van der Waals surface area contributed by atoms with Gasteiger partial charge in [-0.3, -0.25) is 9.59 Å². The highest BCUT2D eigenvalue weighted by atomic mass is 35.5. The summed E-state index contributed by atoms with van der Waals surface area (Å²) in [7, 11) is 0. The van der Waals surface area contributed by atoms with Crippen molar-refractivity contribution in [1.82, 2.24) is 19.7 Å². The average Bonchev–Trinajstić information content (AvgIpc) is 3.11. The van der Waals surface area contributed by atoms with Gasteiger partial charge in [0.05, 0.1) is 5.69 Å². The van der Waals surface area contributed by atoms with Crippen molar-refractivity contribution in [3.05, 3.63) is 93.0 Å². The summed E-state index contributed by atoms with van der Waals surface area (Å²) in [5.74, 6) is -0.197. The molecule has 1 aliphatic rings. The molecule has 0 unspecified atom stereocenters. The summed E-state index contributed by atoms with van der Waals surface area (Å²) in [6, 6.07) is 17.7. The van der Waals surface area contributed by atoms with Crippen LogP contribution in [-0.2, 0) is 13.0 Å². The van der Waals surface area contributed by atoms with Crippen LogP contribution in [0.1, 0.15) is 21.7 Å². The molecule has 0 saturated heterocycles. The molecule has 29 heavy (non-hydrogen) atoms. The van der Waals surface area contributed by atoms with E-state index in [0.29, 0.717) is 23.8 Å². The highest BCUT2D eigenvalue weighted by Gasteiger charge is 2.26. The van der Waals surface area contributed by atoms with Crippen LogP contribution in [0.4, 0.5) is 0 Å². The molecule has 0 saturated carbocycles. The van der Waals surface area contributed by atoms with Crippen molar-refractivity contribution in [2.75, 3.05) is 6.54 Å². The molecule has 1 amide bonds. The summed E-state index contributed by atoms with van der Waals surface area (Å²) in [4.78, 5) is 30.6. The van der Waals surface area contributed by atoms with Crippen molar-refractivity contribution >= 4 is 28.4 Å². The lowest BCUT2D eigenvalue weighted by atomic mass is 10.0. The summed E-state index contributed by atoms with van der Waals surface area (Å²) < 4.78 is 1.26. The van der Waals surface area contributed by atoms with Gasteiger partial charge in [0.1, 0.15) is 5.69 Å². The number of aromatic nitrogens is 3. The van der Waals surface area contributed by atoms with E-state index in [1.807, 2.05) is 36.4 Å². The fraction of sp³-hybridized carbons (Fsp3) is 0.136. The van der Waals surface area contributed by atoms with Gasteiger partial charge in [-0.1, -0.05) is 29.8 Å². The number of aromatic amines is 1. The SMILES string of the molecule is O=C(c1ccc(=O)n(-c2ccccc2)n1)N1CCc2[nH]c3ccc(Cl)cc3c2C1. The number of para-hydroxylation sites is 1. The smallest absolute Gasteiger partial charge is 0.274 e. The fourth-order valence-corrected chi connectivity index (χ4v) is 3.97. The molecule has 0 fully saturated rings. The maximum Gasteiger partial charge on any atom is 0.274 e. The Labute approximate surface area is 171 Å². The largest absolute Gasteiger partial charge is 0.358 e. The van der Waals surface area contributed by atoms with Crippen LogP contribution in [0.2, 0.25) is 5.02 Å². The Bertz CT molecular complexity index is 1290. The second kappa shape index (κ2) is 6.90. The highest BCUT2D eigenvalue weighted by molar-refractivity contribution is 6.31. The van der Waals surface area contributed by atoms with Crippen LogP contribution in [0.3, 0.4) is 0 Å². The fourth-order valence-electron chi connectivity index (χ4n) is 3.80. The number of rotatable bonds is 2. The van der Waals surface area contributed by atoms with Gasteiger partial charge < -0.3 is 9.88 Å². The number of carbonyl (C=O) groups is 1. The number of hydrogen-bond acceptors (Lipinski definition) is 3. The Hall–Kier alpha value is -3.38. The van der Waals surface area contributed by atoms with Crippen LogP contribution in [0, 0.1) is 0 Å². The topological polar surface area (TPSA) is 71.0 Å². The maximum atomic E-state index is 13.1. The second-order valence-corrected chi connectivity index (χ2v) is 7.49. The molecule has 1 N–H and O–H groups in total. The lowest BCUT2D eigenvalue weighted by Gasteiger charge is -2.27. The molecule has 4 aromatic rings. The lowest BCUT2D eigenvalue weighted by molar-refractivity contribution is 0.0727. The zero-order valence-electron chi connectivity index (χ0n) is 15.4. The van der Waals surface area contributed by atoms with E-state index in [1.54, 1.807) is 17.0 Å². The Kier molecular flexibility index (Phi) is 4.21. The number of nitrogens with zero attached hydrogens (tertiary/aromatic N) is 3. The summed E-state index contributed by atoms with van der Waals surface area (Å²) in [6.45, 7) is 1.05. The summed E-state index contributed by atoms with van der Waals surface area (Å²) in [5, 5.41) is 6.02. The quantitative estimate of drug-likeness (QED) is 0.555. The van der Waals surface area contributed by atoms with E-state index in [1.165, 1.54) is 16.8 Å². The normalized spacial score (nSPS) is 13.5. The van der Waals surface area contributed by atoms with Crippen LogP contribution in [0.5, 0.6) is 0 Å². The molecule has 144 valence electrons. The van der Waals surface area contributed by atoms with Crippen molar-refractivity contribution in [1.29, 1.82) is 0 Å². The second-order valence-electron chi connectivity index (χ2n) is 7.05. The highest BCUT2D eigenvalue weighted by Crippen LogP contribution is 2.30. The van der Waals surface area contributed by atoms with Gasteiger partial charge in [0.2, 0.25) is 0 Å². The van der Waals surface area contributed by atoms with E-state index < -0.39 is 0 Å². The molecule has 0 bridgehead atoms. The molecular weight excluding hydrogens is 388 g/mol. The summed E-state index contributed by atoms with van der Waals surface area (Å²) in [5.41, 5.74) is 3.82. The van der Waals surface area contributed by atoms with Crippen molar-refractivity contribution in [2.24, 2.45) is 0 Å². The molecule has 0 aliphatic carbocycles. The van der Waals surface area contributed by atoms with E-state index in [9.17, 15) is 9.59 Å². The lowest BCUT2D eigenvalue weighted by Crippen LogP contribution is -2.37. The van der Waals surface area contributed by atoms with Crippen molar-refractivity contribution in [3.63, 3.8) is 0 Å². The zero-order chi connectivity index (χ0) is 20.0. The van der Waals surface area contributed by atoms with E-state index in [4.69, 9.17) is 11.6 Å². The zero-order valence-corrected chi connectivity index (χ0v) is 16.2. The first kappa shape index (κ1) is 17.7. The van der Waals surface area contributed by atoms with Gasteiger partial charge in [-0.05, 0) is 36.4 Å². The average molecular weight is 405 g/mol. The summed E-state index contributed by atoms with van der Waals surface area (Å²) in [6.07, 6.45) is 0.728. The van der Waals surface area contributed by atoms with E-state index in [2.05, 4.69) is 10.1 Å². The molecule has 3 heterocycles. The van der Waals surface area contributed by atoms with Crippen LogP contribution < -0.4 is 5.56 Å². The Morgan fingerprint density at radius 2 is 1.90 bits per heavy atom. The van der Waals surface area contributed by atoms with Crippen molar-refractivity contribution in [2.45, 2.75) is 13.0 Å². The predicted molar refractivity (Wildman–Crippen MR) is 112 cm³/mol. The van der Waals surface area contributed by atoms with Gasteiger partial charge in [0.15, 0.2) is 0 Å². The van der Waals surface area contributed by atoms with Gasteiger partial charge >= 0.3 is 0 Å². The van der Waals surface area contributed by atoms with Gasteiger partial charge in [-0.2, -0.15) is 9.78 Å². The molecule has 5 rings (SSSR count). The standard InChI is InChI=1S/C22H17ClN4O2/c23-14-6-7-18-16(12-14)17-13-26(11-10-19(17)24-18)22(29)20-8-9-21(28)27(25-20)15-4-2-1-3-5-15/h1-9,12,24H,10-11,13H2. The van der Waals surface area contributed by atoms with Gasteiger partial charge in [-0.25, -0.2) is 0 Å². The monoisotopic (exact) mass is 404 g/mol. The molecule has 2 aromatic carbocycles.